The standard InChI is InChI=1S/C18H29NO3/c1-5-13(2)18(4,20)12-19-14(3)15-7-8-16-17(11-15)22-10-6-9-21-16/h7-8,11,13-14,19-20H,5-6,9-10,12H2,1-4H3. The Labute approximate surface area is 133 Å². The third-order valence-corrected chi connectivity index (χ3v) is 4.71. The zero-order valence-electron chi connectivity index (χ0n) is 14.2. The van der Waals surface area contributed by atoms with Crippen LogP contribution in [0.15, 0.2) is 18.2 Å². The van der Waals surface area contributed by atoms with Crippen molar-refractivity contribution in [3.8, 4) is 11.5 Å². The molecule has 0 spiro atoms. The minimum absolute atomic E-state index is 0.146. The van der Waals surface area contributed by atoms with Crippen molar-refractivity contribution in [2.45, 2.75) is 52.2 Å². The Balaban J connectivity index is 2.01. The van der Waals surface area contributed by atoms with E-state index in [0.29, 0.717) is 19.8 Å². The summed E-state index contributed by atoms with van der Waals surface area (Å²) in [6, 6.07) is 6.22. The minimum Gasteiger partial charge on any atom is -0.490 e. The van der Waals surface area contributed by atoms with E-state index < -0.39 is 5.60 Å². The van der Waals surface area contributed by atoms with Crippen LogP contribution in [-0.4, -0.2) is 30.5 Å². The SMILES string of the molecule is CCC(C)C(C)(O)CNC(C)c1ccc2c(c1)OCCCO2. The summed E-state index contributed by atoms with van der Waals surface area (Å²) in [4.78, 5) is 0. The number of rotatable bonds is 6. The van der Waals surface area contributed by atoms with Crippen molar-refractivity contribution in [3.63, 3.8) is 0 Å². The van der Waals surface area contributed by atoms with E-state index in [-0.39, 0.29) is 12.0 Å². The van der Waals surface area contributed by atoms with Crippen LogP contribution in [0, 0.1) is 5.92 Å². The molecule has 1 heterocycles. The summed E-state index contributed by atoms with van der Waals surface area (Å²) in [5.41, 5.74) is 0.443. The Morgan fingerprint density at radius 1 is 1.23 bits per heavy atom. The average Bonchev–Trinajstić information content (AvgIpc) is 2.76. The van der Waals surface area contributed by atoms with Gasteiger partial charge >= 0.3 is 0 Å². The van der Waals surface area contributed by atoms with Gasteiger partial charge in [0.15, 0.2) is 11.5 Å². The van der Waals surface area contributed by atoms with E-state index in [1.54, 1.807) is 0 Å². The lowest BCUT2D eigenvalue weighted by atomic mass is 9.88. The summed E-state index contributed by atoms with van der Waals surface area (Å²) in [5, 5.41) is 13.9. The molecule has 2 N–H and O–H groups in total. The first-order valence-electron chi connectivity index (χ1n) is 8.29. The van der Waals surface area contributed by atoms with E-state index in [1.807, 2.05) is 19.1 Å². The fourth-order valence-electron chi connectivity index (χ4n) is 2.54. The quantitative estimate of drug-likeness (QED) is 0.846. The highest BCUT2D eigenvalue weighted by Crippen LogP contribution is 2.32. The van der Waals surface area contributed by atoms with Crippen LogP contribution in [0.3, 0.4) is 0 Å². The normalized spacial score (nSPS) is 19.9. The van der Waals surface area contributed by atoms with Crippen molar-refractivity contribution < 1.29 is 14.6 Å². The van der Waals surface area contributed by atoms with Crippen LogP contribution in [0.4, 0.5) is 0 Å². The molecule has 4 heteroatoms. The topological polar surface area (TPSA) is 50.7 Å². The second-order valence-electron chi connectivity index (χ2n) is 6.53. The van der Waals surface area contributed by atoms with Crippen molar-refractivity contribution in [1.29, 1.82) is 0 Å². The van der Waals surface area contributed by atoms with Crippen LogP contribution >= 0.6 is 0 Å². The van der Waals surface area contributed by atoms with E-state index >= 15 is 0 Å². The van der Waals surface area contributed by atoms with E-state index in [2.05, 4.69) is 32.2 Å². The lowest BCUT2D eigenvalue weighted by Gasteiger charge is -2.31. The Morgan fingerprint density at radius 2 is 1.91 bits per heavy atom. The van der Waals surface area contributed by atoms with Crippen LogP contribution in [0.2, 0.25) is 0 Å². The molecule has 3 unspecified atom stereocenters. The number of hydrogen-bond acceptors (Lipinski definition) is 4. The smallest absolute Gasteiger partial charge is 0.161 e. The number of hydrogen-bond donors (Lipinski definition) is 2. The van der Waals surface area contributed by atoms with Crippen molar-refractivity contribution in [2.24, 2.45) is 5.92 Å². The predicted octanol–water partition coefficient (Wildman–Crippen LogP) is 3.30. The third kappa shape index (κ3) is 4.14. The highest BCUT2D eigenvalue weighted by molar-refractivity contribution is 5.44. The van der Waals surface area contributed by atoms with Gasteiger partial charge < -0.3 is 19.9 Å². The van der Waals surface area contributed by atoms with Gasteiger partial charge in [0.25, 0.3) is 0 Å². The molecule has 1 aliphatic heterocycles. The molecule has 1 aromatic rings. The van der Waals surface area contributed by atoms with Crippen molar-refractivity contribution >= 4 is 0 Å². The lowest BCUT2D eigenvalue weighted by molar-refractivity contribution is 0.00365. The second-order valence-corrected chi connectivity index (χ2v) is 6.53. The Kier molecular flexibility index (Phi) is 5.70. The van der Waals surface area contributed by atoms with Crippen molar-refractivity contribution in [2.75, 3.05) is 19.8 Å². The molecule has 4 nitrogen and oxygen atoms in total. The summed E-state index contributed by atoms with van der Waals surface area (Å²) in [5.74, 6) is 1.90. The van der Waals surface area contributed by atoms with Crippen molar-refractivity contribution in [3.05, 3.63) is 23.8 Å². The van der Waals surface area contributed by atoms with Crippen molar-refractivity contribution in [1.82, 2.24) is 5.32 Å². The van der Waals surface area contributed by atoms with Gasteiger partial charge in [-0.1, -0.05) is 26.3 Å². The van der Waals surface area contributed by atoms with Gasteiger partial charge in [-0.05, 0) is 37.5 Å². The number of fused-ring (bicyclic) bond motifs is 1. The summed E-state index contributed by atoms with van der Waals surface area (Å²) >= 11 is 0. The number of ether oxygens (including phenoxy) is 2. The molecule has 22 heavy (non-hydrogen) atoms. The summed E-state index contributed by atoms with van der Waals surface area (Å²) in [6.07, 6.45) is 1.88. The van der Waals surface area contributed by atoms with Crippen LogP contribution in [0.5, 0.6) is 11.5 Å². The molecule has 0 saturated carbocycles. The molecule has 0 fully saturated rings. The molecule has 124 valence electrons. The van der Waals surface area contributed by atoms with E-state index in [4.69, 9.17) is 9.47 Å². The monoisotopic (exact) mass is 307 g/mol. The van der Waals surface area contributed by atoms with Gasteiger partial charge in [0.05, 0.1) is 18.8 Å². The predicted molar refractivity (Wildman–Crippen MR) is 88.5 cm³/mol. The number of nitrogens with one attached hydrogen (secondary N) is 1. The van der Waals surface area contributed by atoms with Crippen LogP contribution in [0.25, 0.3) is 0 Å². The highest BCUT2D eigenvalue weighted by atomic mass is 16.5. The molecule has 0 saturated heterocycles. The van der Waals surface area contributed by atoms with Gasteiger partial charge in [-0.25, -0.2) is 0 Å². The molecule has 0 radical (unpaired) electrons. The molecule has 0 amide bonds. The third-order valence-electron chi connectivity index (χ3n) is 4.71. The Morgan fingerprint density at radius 3 is 2.59 bits per heavy atom. The van der Waals surface area contributed by atoms with Crippen LogP contribution in [0.1, 0.15) is 52.1 Å². The maximum Gasteiger partial charge on any atom is 0.161 e. The molecule has 0 bridgehead atoms. The zero-order chi connectivity index (χ0) is 16.2. The maximum absolute atomic E-state index is 10.5. The first kappa shape index (κ1) is 17.1. The van der Waals surface area contributed by atoms with Gasteiger partial charge in [0, 0.05) is 19.0 Å². The molecule has 0 aliphatic carbocycles. The van der Waals surface area contributed by atoms with Gasteiger partial charge in [-0.3, -0.25) is 0 Å². The van der Waals surface area contributed by atoms with Gasteiger partial charge in [0.1, 0.15) is 0 Å². The van der Waals surface area contributed by atoms with Gasteiger partial charge in [-0.15, -0.1) is 0 Å². The fourth-order valence-corrected chi connectivity index (χ4v) is 2.54. The zero-order valence-corrected chi connectivity index (χ0v) is 14.2. The van der Waals surface area contributed by atoms with E-state index in [1.165, 1.54) is 0 Å². The molecule has 1 aliphatic rings. The molecule has 2 rings (SSSR count). The molecule has 3 atom stereocenters. The summed E-state index contributed by atoms with van der Waals surface area (Å²) < 4.78 is 11.4. The minimum atomic E-state index is -0.700. The molecule has 1 aromatic carbocycles. The molecule has 0 aromatic heterocycles. The largest absolute Gasteiger partial charge is 0.490 e. The summed E-state index contributed by atoms with van der Waals surface area (Å²) in [7, 11) is 0. The van der Waals surface area contributed by atoms with Gasteiger partial charge in [0.2, 0.25) is 0 Å². The van der Waals surface area contributed by atoms with Gasteiger partial charge in [-0.2, -0.15) is 0 Å². The molecular weight excluding hydrogens is 278 g/mol. The average molecular weight is 307 g/mol. The fraction of sp³-hybridized carbons (Fsp3) is 0.667. The maximum atomic E-state index is 10.5. The highest BCUT2D eigenvalue weighted by Gasteiger charge is 2.27. The molecular formula is C18H29NO3. The van der Waals surface area contributed by atoms with Crippen LogP contribution in [-0.2, 0) is 0 Å². The van der Waals surface area contributed by atoms with E-state index in [0.717, 1.165) is 29.9 Å². The summed E-state index contributed by atoms with van der Waals surface area (Å²) in [6.45, 7) is 10.2. The van der Waals surface area contributed by atoms with Crippen LogP contribution < -0.4 is 14.8 Å². The van der Waals surface area contributed by atoms with E-state index in [9.17, 15) is 5.11 Å². The lowest BCUT2D eigenvalue weighted by Crippen LogP contribution is -2.43. The number of aliphatic hydroxyl groups is 1. The Hall–Kier alpha value is -1.26. The first-order chi connectivity index (χ1) is 10.4. The second kappa shape index (κ2) is 7.34. The first-order valence-corrected chi connectivity index (χ1v) is 8.29. The Bertz CT molecular complexity index is 487. The number of benzene rings is 1.